The molecule has 89 heavy (non-hydrogen) atoms. The minimum Gasteiger partial charge on any atom is -0.480 e. The van der Waals surface area contributed by atoms with Crippen molar-refractivity contribution in [1.82, 2.24) is 82.8 Å². The first-order chi connectivity index (χ1) is 42.3. The molecule has 1 aromatic rings. The zero-order valence-corrected chi connectivity index (χ0v) is 50.6. The summed E-state index contributed by atoms with van der Waals surface area (Å²) in [6, 6.07) is -4.00. The summed E-state index contributed by atoms with van der Waals surface area (Å²) in [6.45, 7) is -7.64. The van der Waals surface area contributed by atoms with Crippen LogP contribution in [0.5, 0.6) is 0 Å². The molecule has 37 nitrogen and oxygen atoms in total. The number of carboxylic acid groups (broad SMARTS) is 1. The monoisotopic (exact) mass is 1320 g/mol. The van der Waals surface area contributed by atoms with Gasteiger partial charge in [-0.3, -0.25) is 71.9 Å². The van der Waals surface area contributed by atoms with Crippen LogP contribution in [0.15, 0.2) is 14.4 Å². The molecule has 1 aromatic heterocycles. The van der Waals surface area contributed by atoms with Gasteiger partial charge in [0.1, 0.15) is 12.1 Å². The number of carboxylic acids is 1. The Labute approximate surface area is 518 Å². The van der Waals surface area contributed by atoms with Crippen molar-refractivity contribution in [2.24, 2.45) is 5.73 Å². The summed E-state index contributed by atoms with van der Waals surface area (Å²) in [4.78, 5) is 243. The van der Waals surface area contributed by atoms with Crippen LogP contribution in [0.25, 0.3) is 0 Å². The summed E-state index contributed by atoms with van der Waals surface area (Å²) in [5.41, 5.74) is 2.56. The molecular formula is C49H73N17O20S3. The topological polar surface area (TPSA) is 542 Å². The Hall–Kier alpha value is -8.66. The van der Waals surface area contributed by atoms with Crippen molar-refractivity contribution in [3.8, 4) is 0 Å². The van der Waals surface area contributed by atoms with Gasteiger partial charge in [-0.2, -0.15) is 35.3 Å². The SMILES string of the molecule is N[C@H]1CSCCC(=O)NCCn2c(=O)n3c(=O)n(c2=O)CCNC(=O)CCSC[C@H](NC(=O)CNC(=O)CNC(=O)CNC(=O)CCC(=O)CNC1=O)C(=O)NCC(=O)NCC(=O)NCC(=O)NCC(=O)CCC(=O)N[C@H](C(=O)O)CSCCC(=O)NCC3. The summed E-state index contributed by atoms with van der Waals surface area (Å²) >= 11 is 3.06. The second-order valence-electron chi connectivity index (χ2n) is 19.2. The van der Waals surface area contributed by atoms with Crippen molar-refractivity contribution >= 4 is 130 Å². The molecule has 0 aromatic carbocycles. The molecule has 0 unspecified atom stereocenters. The van der Waals surface area contributed by atoms with E-state index in [1.807, 2.05) is 0 Å². The normalized spacial score (nSPS) is 22.0. The highest BCUT2D eigenvalue weighted by Crippen LogP contribution is 2.08. The maximum absolute atomic E-state index is 13.8. The minimum atomic E-state index is -1.45. The molecule has 2 aliphatic heterocycles. The molecule has 0 saturated carbocycles. The molecule has 0 radical (unpaired) electrons. The maximum atomic E-state index is 13.8. The van der Waals surface area contributed by atoms with Crippen LogP contribution in [0.3, 0.4) is 0 Å². The van der Waals surface area contributed by atoms with Crippen LogP contribution in [0, 0.1) is 0 Å². The number of nitrogens with one attached hydrogen (secondary N) is 13. The van der Waals surface area contributed by atoms with Gasteiger partial charge in [-0.1, -0.05) is 0 Å². The molecule has 40 heteroatoms. The van der Waals surface area contributed by atoms with E-state index in [4.69, 9.17) is 5.73 Å². The van der Waals surface area contributed by atoms with E-state index < -0.39 is 214 Å². The minimum absolute atomic E-state index is 0.0185. The predicted molar refractivity (Wildman–Crippen MR) is 316 cm³/mol. The smallest absolute Gasteiger partial charge is 0.336 e. The Kier molecular flexibility index (Phi) is 34.1. The van der Waals surface area contributed by atoms with Gasteiger partial charge in [0.2, 0.25) is 76.8 Å². The summed E-state index contributed by atoms with van der Waals surface area (Å²) in [5, 5.41) is 39.9. The first-order valence-corrected chi connectivity index (χ1v) is 31.0. The molecule has 16 N–H and O–H groups in total. The number of nitrogens with zero attached hydrogens (tertiary/aromatic N) is 3. The zero-order valence-electron chi connectivity index (χ0n) is 48.2. The number of Topliss-reactive ketones (excluding diaryl/α,β-unsaturated/α-hetero) is 2. The fourth-order valence-electron chi connectivity index (χ4n) is 7.28. The maximum Gasteiger partial charge on any atom is 0.336 e. The average Bonchev–Trinajstić information content (AvgIpc) is 3.24. The van der Waals surface area contributed by atoms with Gasteiger partial charge in [0, 0.05) is 119 Å². The first-order valence-electron chi connectivity index (χ1n) is 27.6. The molecule has 3 heterocycles. The van der Waals surface area contributed by atoms with Crippen LogP contribution >= 0.6 is 35.3 Å². The third-order valence-corrected chi connectivity index (χ3v) is 15.3. The second kappa shape index (κ2) is 40.7. The standard InChI is InChI=1S/C49H73N17O20S3/c50-30-25-87-14-5-34(70)51-8-11-64-47(84)65-12-9-52-35(71)6-15-88-26-31(62-43(79)24-59-41(77)22-57-39(75)19-55-33(69)3-1-29(68)18-60-44(30)80)45(81)61-23-42(78)58-21-40(76)56-20-38(74)54-17-28(67)2-4-37(73)63-32(46(82)83)27-89-16-7-36(72)53-10-13-66(48(64)85)49(65)86/h30-32H,1-27,50H2,(H,51,70)(H,52,71)(H,53,72)(H,54,74)(H,55,69)(H,56,76)(H,57,75)(H,58,78)(H,59,77)(H,60,80)(H,61,81)(H,62,79)(H,63,73)(H,82,83)/t30-,31-,32-/m0/s1. The van der Waals surface area contributed by atoms with Gasteiger partial charge in [0.25, 0.3) is 0 Å². The quantitative estimate of drug-likeness (QED) is 0.124. The molecule has 3 atom stereocenters. The number of aromatic nitrogens is 3. The lowest BCUT2D eigenvalue weighted by molar-refractivity contribution is -0.141. The molecule has 4 bridgehead atoms. The zero-order chi connectivity index (χ0) is 65.8. The lowest BCUT2D eigenvalue weighted by atomic mass is 10.2. The van der Waals surface area contributed by atoms with Crippen molar-refractivity contribution in [3.05, 3.63) is 31.5 Å². The summed E-state index contributed by atoms with van der Waals surface area (Å²) < 4.78 is 1.94. The Bertz CT molecular complexity index is 2970. The number of nitrogens with two attached hydrogens (primary N) is 1. The Balaban J connectivity index is 1.88. The Morgan fingerprint density at radius 2 is 0.697 bits per heavy atom. The number of hydrogen-bond acceptors (Lipinski definition) is 23. The van der Waals surface area contributed by atoms with E-state index in [2.05, 4.69) is 69.1 Å². The second-order valence-corrected chi connectivity index (χ2v) is 22.6. The number of carbonyl (C=O) groups is 16. The highest BCUT2D eigenvalue weighted by Gasteiger charge is 2.25. The molecular weight excluding hydrogens is 1240 g/mol. The van der Waals surface area contributed by atoms with Gasteiger partial charge in [0.05, 0.1) is 58.4 Å². The molecule has 2 aliphatic rings. The molecule has 0 spiro atoms. The molecule has 0 fully saturated rings. The summed E-state index contributed by atoms with van der Waals surface area (Å²) in [5.74, 6) is -13.2. The number of aliphatic carboxylic acids is 1. The largest absolute Gasteiger partial charge is 0.480 e. The summed E-state index contributed by atoms with van der Waals surface area (Å²) in [7, 11) is 0. The number of rotatable bonds is 1. The van der Waals surface area contributed by atoms with Crippen molar-refractivity contribution in [2.45, 2.75) is 82.7 Å². The van der Waals surface area contributed by atoms with Crippen LogP contribution in [0.4, 0.5) is 0 Å². The van der Waals surface area contributed by atoms with Crippen LogP contribution in [-0.4, -0.2) is 238 Å². The number of fused-ring (bicyclic) bond motifs is 10. The van der Waals surface area contributed by atoms with E-state index in [1.54, 1.807) is 0 Å². The van der Waals surface area contributed by atoms with Gasteiger partial charge >= 0.3 is 23.0 Å². The average molecular weight is 1320 g/mol. The highest BCUT2D eigenvalue weighted by atomic mass is 32.2. The van der Waals surface area contributed by atoms with Gasteiger partial charge in [-0.15, -0.1) is 0 Å². The van der Waals surface area contributed by atoms with Crippen molar-refractivity contribution < 1.29 is 81.8 Å². The predicted octanol–water partition coefficient (Wildman–Crippen LogP) is -11.1. The van der Waals surface area contributed by atoms with E-state index in [1.165, 1.54) is 0 Å². The van der Waals surface area contributed by atoms with E-state index in [0.29, 0.717) is 13.7 Å². The van der Waals surface area contributed by atoms with Gasteiger partial charge < -0.3 is 80.0 Å². The first kappa shape index (κ1) is 74.6. The number of ketones is 2. The van der Waals surface area contributed by atoms with Gasteiger partial charge in [-0.25, -0.2) is 32.9 Å². The van der Waals surface area contributed by atoms with Crippen LogP contribution < -0.4 is 91.9 Å². The molecule has 492 valence electrons. The Morgan fingerprint density at radius 1 is 0.360 bits per heavy atom. The number of hydrogen-bond donors (Lipinski definition) is 15. The summed E-state index contributed by atoms with van der Waals surface area (Å²) in [6.07, 6.45) is -2.15. The van der Waals surface area contributed by atoms with Crippen LogP contribution in [0.1, 0.15) is 44.9 Å². The number of amides is 13. The van der Waals surface area contributed by atoms with Crippen molar-refractivity contribution in [3.63, 3.8) is 0 Å². The van der Waals surface area contributed by atoms with E-state index >= 15 is 0 Å². The lowest BCUT2D eigenvalue weighted by Gasteiger charge is -2.18. The third-order valence-electron chi connectivity index (χ3n) is 12.1. The number of carbonyl (C=O) groups excluding carboxylic acids is 15. The van der Waals surface area contributed by atoms with E-state index in [0.717, 1.165) is 35.3 Å². The Morgan fingerprint density at radius 3 is 1.13 bits per heavy atom. The molecule has 0 aliphatic carbocycles. The fraction of sp³-hybridized carbons (Fsp3) is 0.612. The fourth-order valence-corrected chi connectivity index (χ4v) is 10.1. The highest BCUT2D eigenvalue weighted by molar-refractivity contribution is 7.99. The van der Waals surface area contributed by atoms with Crippen molar-refractivity contribution in [1.29, 1.82) is 0 Å². The van der Waals surface area contributed by atoms with Crippen LogP contribution in [-0.2, 0) is 96.3 Å². The van der Waals surface area contributed by atoms with Crippen molar-refractivity contribution in [2.75, 3.05) is 107 Å². The third kappa shape index (κ3) is 30.7. The van der Waals surface area contributed by atoms with Crippen LogP contribution in [0.2, 0.25) is 0 Å². The van der Waals surface area contributed by atoms with Gasteiger partial charge in [-0.05, 0) is 0 Å². The van der Waals surface area contributed by atoms with E-state index in [9.17, 15) is 96.2 Å². The molecule has 13 amide bonds. The number of thioether (sulfide) groups is 3. The molecule has 3 rings (SSSR count). The molecule has 0 saturated heterocycles. The van der Waals surface area contributed by atoms with Gasteiger partial charge in [0.15, 0.2) is 11.6 Å². The van der Waals surface area contributed by atoms with E-state index in [-0.39, 0.29) is 86.3 Å². The lowest BCUT2D eigenvalue weighted by Crippen LogP contribution is -2.56.